The molecule has 1 atom stereocenters. The first-order chi connectivity index (χ1) is 16.3. The quantitative estimate of drug-likeness (QED) is 0.488. The van der Waals surface area contributed by atoms with E-state index in [0.29, 0.717) is 29.9 Å². The van der Waals surface area contributed by atoms with Crippen LogP contribution in [0.3, 0.4) is 0 Å². The van der Waals surface area contributed by atoms with Crippen LogP contribution in [0, 0.1) is 5.82 Å². The van der Waals surface area contributed by atoms with Crippen LogP contribution < -0.4 is 16.0 Å². The van der Waals surface area contributed by atoms with Gasteiger partial charge in [0.05, 0.1) is 4.90 Å². The number of para-hydroxylation sites is 1. The molecular weight excluding hydrogens is 459 g/mol. The lowest BCUT2D eigenvalue weighted by Gasteiger charge is -2.23. The molecule has 34 heavy (non-hydrogen) atoms. The maximum atomic E-state index is 13.2. The van der Waals surface area contributed by atoms with Crippen molar-refractivity contribution >= 4 is 39.0 Å². The summed E-state index contributed by atoms with van der Waals surface area (Å²) < 4.78 is 40.4. The van der Waals surface area contributed by atoms with Crippen LogP contribution in [-0.4, -0.2) is 37.2 Å². The molecule has 8 nitrogen and oxygen atoms in total. The topological polar surface area (TPSA) is 108 Å². The van der Waals surface area contributed by atoms with Gasteiger partial charge in [-0.25, -0.2) is 17.6 Å². The SMILES string of the molecule is O=C(Nc1ccccc1)Nc1cccc(NC(=O)C2CCCN2S(=O)(=O)c2ccc(F)cc2)c1. The Morgan fingerprint density at radius 3 is 2.15 bits per heavy atom. The first-order valence-corrected chi connectivity index (χ1v) is 12.1. The third kappa shape index (κ3) is 5.41. The van der Waals surface area contributed by atoms with Crippen LogP contribution in [0.1, 0.15) is 12.8 Å². The van der Waals surface area contributed by atoms with Crippen LogP contribution in [-0.2, 0) is 14.8 Å². The molecule has 4 rings (SSSR count). The maximum absolute atomic E-state index is 13.2. The van der Waals surface area contributed by atoms with Gasteiger partial charge in [0, 0.05) is 23.6 Å². The number of sulfonamides is 1. The molecule has 176 valence electrons. The van der Waals surface area contributed by atoms with E-state index >= 15 is 0 Å². The van der Waals surface area contributed by atoms with Crippen LogP contribution in [0.15, 0.2) is 83.8 Å². The Bertz CT molecular complexity index is 1280. The van der Waals surface area contributed by atoms with Crippen molar-refractivity contribution in [3.8, 4) is 0 Å². The highest BCUT2D eigenvalue weighted by Crippen LogP contribution is 2.27. The zero-order valence-corrected chi connectivity index (χ0v) is 18.9. The lowest BCUT2D eigenvalue weighted by molar-refractivity contribution is -0.119. The number of halogens is 1. The van der Waals surface area contributed by atoms with Gasteiger partial charge in [-0.2, -0.15) is 4.31 Å². The minimum absolute atomic E-state index is 0.0655. The summed E-state index contributed by atoms with van der Waals surface area (Å²) in [5.74, 6) is -1.02. The van der Waals surface area contributed by atoms with E-state index in [0.717, 1.165) is 16.4 Å². The fourth-order valence-corrected chi connectivity index (χ4v) is 5.40. The maximum Gasteiger partial charge on any atom is 0.323 e. The van der Waals surface area contributed by atoms with Crippen molar-refractivity contribution in [1.29, 1.82) is 0 Å². The standard InChI is InChI=1S/C24H23FN4O4S/c25-17-11-13-21(14-12-17)34(32,33)29-15-5-10-22(29)23(30)26-19-8-4-9-20(16-19)28-24(31)27-18-6-2-1-3-7-18/h1-4,6-9,11-14,16,22H,5,10,15H2,(H,26,30)(H2,27,28,31). The van der Waals surface area contributed by atoms with Gasteiger partial charge in [-0.3, -0.25) is 4.79 Å². The number of amides is 3. The normalized spacial score (nSPS) is 16.1. The van der Waals surface area contributed by atoms with Gasteiger partial charge in [0.25, 0.3) is 0 Å². The molecule has 1 saturated heterocycles. The summed E-state index contributed by atoms with van der Waals surface area (Å²) in [4.78, 5) is 25.1. The number of carbonyl (C=O) groups is 2. The van der Waals surface area contributed by atoms with E-state index in [1.165, 1.54) is 12.1 Å². The Hall–Kier alpha value is -3.76. The number of urea groups is 1. The Morgan fingerprint density at radius 2 is 1.44 bits per heavy atom. The third-order valence-corrected chi connectivity index (χ3v) is 7.27. The highest BCUT2D eigenvalue weighted by Gasteiger charge is 2.39. The number of carbonyl (C=O) groups excluding carboxylic acids is 2. The Morgan fingerprint density at radius 1 is 0.824 bits per heavy atom. The number of nitrogens with one attached hydrogen (secondary N) is 3. The number of hydrogen-bond donors (Lipinski definition) is 3. The van der Waals surface area contributed by atoms with Gasteiger partial charge in [0.15, 0.2) is 0 Å². The molecule has 1 fully saturated rings. The van der Waals surface area contributed by atoms with Gasteiger partial charge in [-0.05, 0) is 67.4 Å². The molecule has 0 radical (unpaired) electrons. The molecule has 3 aromatic rings. The Kier molecular flexibility index (Phi) is 6.90. The second-order valence-electron chi connectivity index (χ2n) is 7.74. The van der Waals surface area contributed by atoms with E-state index in [1.807, 2.05) is 6.07 Å². The molecule has 1 aliphatic rings. The third-order valence-electron chi connectivity index (χ3n) is 5.35. The Balaban J connectivity index is 1.43. The lowest BCUT2D eigenvalue weighted by Crippen LogP contribution is -2.43. The molecule has 1 unspecified atom stereocenters. The lowest BCUT2D eigenvalue weighted by atomic mass is 10.2. The van der Waals surface area contributed by atoms with E-state index in [9.17, 15) is 22.4 Å². The average Bonchev–Trinajstić information content (AvgIpc) is 3.31. The van der Waals surface area contributed by atoms with E-state index in [2.05, 4.69) is 16.0 Å². The summed E-state index contributed by atoms with van der Waals surface area (Å²) in [6, 6.07) is 18.7. The minimum Gasteiger partial charge on any atom is -0.325 e. The van der Waals surface area contributed by atoms with Gasteiger partial charge in [-0.15, -0.1) is 0 Å². The van der Waals surface area contributed by atoms with Crippen molar-refractivity contribution < 1.29 is 22.4 Å². The fourth-order valence-electron chi connectivity index (χ4n) is 3.75. The highest BCUT2D eigenvalue weighted by atomic mass is 32.2. The molecule has 0 bridgehead atoms. The van der Waals surface area contributed by atoms with E-state index in [1.54, 1.807) is 48.5 Å². The molecule has 0 aliphatic carbocycles. The van der Waals surface area contributed by atoms with E-state index in [-0.39, 0.29) is 11.4 Å². The van der Waals surface area contributed by atoms with Crippen LogP contribution in [0.25, 0.3) is 0 Å². The largest absolute Gasteiger partial charge is 0.325 e. The summed E-state index contributed by atoms with van der Waals surface area (Å²) in [5, 5.41) is 8.13. The first-order valence-electron chi connectivity index (χ1n) is 10.6. The van der Waals surface area contributed by atoms with Crippen molar-refractivity contribution in [3.63, 3.8) is 0 Å². The zero-order valence-electron chi connectivity index (χ0n) is 18.1. The number of hydrogen-bond acceptors (Lipinski definition) is 4. The molecule has 1 aliphatic heterocycles. The van der Waals surface area contributed by atoms with Crippen LogP contribution >= 0.6 is 0 Å². The summed E-state index contributed by atoms with van der Waals surface area (Å²) in [6.45, 7) is 0.194. The molecular formula is C24H23FN4O4S. The van der Waals surface area contributed by atoms with Crippen LogP contribution in [0.2, 0.25) is 0 Å². The predicted octanol–water partition coefficient (Wildman–Crippen LogP) is 4.26. The summed E-state index contributed by atoms with van der Waals surface area (Å²) in [7, 11) is -3.96. The Labute approximate surface area is 196 Å². The molecule has 3 N–H and O–H groups in total. The minimum atomic E-state index is -3.96. The van der Waals surface area contributed by atoms with E-state index in [4.69, 9.17) is 0 Å². The smallest absolute Gasteiger partial charge is 0.323 e. The van der Waals surface area contributed by atoms with Gasteiger partial charge in [-0.1, -0.05) is 24.3 Å². The number of nitrogens with zero attached hydrogens (tertiary/aromatic N) is 1. The second-order valence-corrected chi connectivity index (χ2v) is 9.63. The van der Waals surface area contributed by atoms with Gasteiger partial charge < -0.3 is 16.0 Å². The molecule has 10 heteroatoms. The summed E-state index contributed by atoms with van der Waals surface area (Å²) in [5.41, 5.74) is 1.50. The monoisotopic (exact) mass is 482 g/mol. The molecule has 3 amide bonds. The second kappa shape index (κ2) is 10.0. The summed E-state index contributed by atoms with van der Waals surface area (Å²) >= 11 is 0. The first kappa shape index (κ1) is 23.4. The molecule has 0 saturated carbocycles. The van der Waals surface area contributed by atoms with Gasteiger partial charge in [0.2, 0.25) is 15.9 Å². The van der Waals surface area contributed by atoms with Crippen molar-refractivity contribution in [2.24, 2.45) is 0 Å². The highest BCUT2D eigenvalue weighted by molar-refractivity contribution is 7.89. The molecule has 3 aromatic carbocycles. The van der Waals surface area contributed by atoms with Crippen molar-refractivity contribution in [2.75, 3.05) is 22.5 Å². The fraction of sp³-hybridized carbons (Fsp3) is 0.167. The van der Waals surface area contributed by atoms with E-state index < -0.39 is 33.8 Å². The van der Waals surface area contributed by atoms with Crippen molar-refractivity contribution in [1.82, 2.24) is 4.31 Å². The van der Waals surface area contributed by atoms with Crippen LogP contribution in [0.4, 0.5) is 26.2 Å². The van der Waals surface area contributed by atoms with Gasteiger partial charge >= 0.3 is 6.03 Å². The molecule has 0 aromatic heterocycles. The number of anilines is 3. The van der Waals surface area contributed by atoms with Crippen molar-refractivity contribution in [3.05, 3.63) is 84.7 Å². The average molecular weight is 483 g/mol. The van der Waals surface area contributed by atoms with Crippen molar-refractivity contribution in [2.45, 2.75) is 23.8 Å². The molecule has 0 spiro atoms. The van der Waals surface area contributed by atoms with Crippen LogP contribution in [0.5, 0.6) is 0 Å². The molecule has 1 heterocycles. The summed E-state index contributed by atoms with van der Waals surface area (Å²) in [6.07, 6.45) is 0.892. The predicted molar refractivity (Wildman–Crippen MR) is 127 cm³/mol. The zero-order chi connectivity index (χ0) is 24.1. The van der Waals surface area contributed by atoms with Gasteiger partial charge in [0.1, 0.15) is 11.9 Å². The number of rotatable bonds is 6. The number of benzene rings is 3.